The molecule has 0 radical (unpaired) electrons. The van der Waals surface area contributed by atoms with Gasteiger partial charge in [-0.3, -0.25) is 9.59 Å². The van der Waals surface area contributed by atoms with Crippen molar-refractivity contribution in [3.63, 3.8) is 0 Å². The van der Waals surface area contributed by atoms with Gasteiger partial charge in [0.05, 0.1) is 28.0 Å². The zero-order chi connectivity index (χ0) is 23.3. The fourth-order valence-electron chi connectivity index (χ4n) is 3.11. The summed E-state index contributed by atoms with van der Waals surface area (Å²) >= 11 is 1.29. The topological polar surface area (TPSA) is 94.8 Å². The number of thiazole rings is 1. The summed E-state index contributed by atoms with van der Waals surface area (Å²) in [6, 6.07) is 10.4. The van der Waals surface area contributed by atoms with Gasteiger partial charge < -0.3 is 9.30 Å². The van der Waals surface area contributed by atoms with E-state index in [4.69, 9.17) is 4.74 Å². The summed E-state index contributed by atoms with van der Waals surface area (Å²) in [4.78, 5) is 28.8. The second-order valence-electron chi connectivity index (χ2n) is 7.08. The lowest BCUT2D eigenvalue weighted by atomic mass is 10.2. The highest BCUT2D eigenvalue weighted by Gasteiger charge is 2.16. The number of nitrogens with zero attached hydrogens (tertiary/aromatic N) is 2. The molecule has 1 aromatic heterocycles. The second kappa shape index (κ2) is 10.2. The van der Waals surface area contributed by atoms with Crippen LogP contribution in [0, 0.1) is 5.82 Å². The number of aryl methyl sites for hydroxylation is 1. The van der Waals surface area contributed by atoms with Crippen LogP contribution in [-0.2, 0) is 37.1 Å². The van der Waals surface area contributed by atoms with E-state index in [1.165, 1.54) is 30.6 Å². The maximum absolute atomic E-state index is 13.0. The van der Waals surface area contributed by atoms with Gasteiger partial charge in [0.15, 0.2) is 14.6 Å². The lowest BCUT2D eigenvalue weighted by Crippen LogP contribution is -2.22. The first-order valence-corrected chi connectivity index (χ1v) is 12.5. The van der Waals surface area contributed by atoms with Crippen LogP contribution >= 0.6 is 11.3 Å². The molecule has 0 fully saturated rings. The molecule has 3 aromatic rings. The molecular weight excluding hydrogens is 455 g/mol. The summed E-state index contributed by atoms with van der Waals surface area (Å²) in [6.45, 7) is 1.94. The Morgan fingerprint density at radius 1 is 1.16 bits per heavy atom. The zero-order valence-corrected chi connectivity index (χ0v) is 19.3. The highest BCUT2D eigenvalue weighted by molar-refractivity contribution is 7.91. The normalized spacial score (nSPS) is 12.3. The minimum Gasteiger partial charge on any atom is -0.468 e. The molecule has 32 heavy (non-hydrogen) atoms. The first-order chi connectivity index (χ1) is 15.2. The Hall–Kier alpha value is -2.85. The van der Waals surface area contributed by atoms with Crippen LogP contribution in [0.2, 0.25) is 0 Å². The van der Waals surface area contributed by atoms with Crippen molar-refractivity contribution >= 4 is 43.3 Å². The molecule has 0 bridgehead atoms. The van der Waals surface area contributed by atoms with E-state index in [0.717, 1.165) is 34.3 Å². The molecule has 0 saturated heterocycles. The number of carbonyl (C=O) groups excluding carboxylic acids is 2. The molecule has 0 aliphatic carbocycles. The van der Waals surface area contributed by atoms with Crippen molar-refractivity contribution in [1.29, 1.82) is 0 Å². The summed E-state index contributed by atoms with van der Waals surface area (Å²) in [6.07, 6.45) is 0.843. The van der Waals surface area contributed by atoms with Crippen LogP contribution in [0.3, 0.4) is 0 Å². The van der Waals surface area contributed by atoms with Crippen molar-refractivity contribution in [3.05, 3.63) is 58.6 Å². The van der Waals surface area contributed by atoms with E-state index in [-0.39, 0.29) is 30.0 Å². The first-order valence-electron chi connectivity index (χ1n) is 9.98. The fourth-order valence-corrected chi connectivity index (χ4v) is 5.53. The number of fused-ring (bicyclic) bond motifs is 1. The molecule has 170 valence electrons. The third-order valence-corrected chi connectivity index (χ3v) is 7.72. The van der Waals surface area contributed by atoms with Gasteiger partial charge in [-0.05, 0) is 54.8 Å². The van der Waals surface area contributed by atoms with E-state index in [9.17, 15) is 22.4 Å². The number of hydrogen-bond acceptors (Lipinski definition) is 6. The third kappa shape index (κ3) is 5.68. The van der Waals surface area contributed by atoms with Gasteiger partial charge >= 0.3 is 5.97 Å². The van der Waals surface area contributed by atoms with E-state index in [2.05, 4.69) is 4.99 Å². The van der Waals surface area contributed by atoms with Crippen LogP contribution < -0.4 is 4.80 Å². The predicted octanol–water partition coefficient (Wildman–Crippen LogP) is 3.26. The van der Waals surface area contributed by atoms with E-state index < -0.39 is 27.5 Å². The minimum absolute atomic E-state index is 0.00967. The third-order valence-electron chi connectivity index (χ3n) is 4.87. The first kappa shape index (κ1) is 23.8. The van der Waals surface area contributed by atoms with Crippen LogP contribution in [-0.4, -0.2) is 37.7 Å². The quantitative estimate of drug-likeness (QED) is 0.366. The van der Waals surface area contributed by atoms with Gasteiger partial charge in [-0.1, -0.05) is 24.3 Å². The van der Waals surface area contributed by atoms with Gasteiger partial charge in [0, 0.05) is 6.42 Å². The minimum atomic E-state index is -3.63. The van der Waals surface area contributed by atoms with Crippen LogP contribution in [0.1, 0.15) is 25.3 Å². The van der Waals surface area contributed by atoms with Crippen molar-refractivity contribution in [1.82, 2.24) is 4.57 Å². The average Bonchev–Trinajstić information content (AvgIpc) is 3.09. The molecule has 0 spiro atoms. The Labute approximate surface area is 189 Å². The number of aromatic nitrogens is 1. The molecule has 0 aliphatic rings. The van der Waals surface area contributed by atoms with Crippen LogP contribution in [0.15, 0.2) is 52.4 Å². The molecule has 10 heteroatoms. The number of ether oxygens (including phenoxy) is 1. The Kier molecular flexibility index (Phi) is 7.57. The van der Waals surface area contributed by atoms with Gasteiger partial charge in [-0.25, -0.2) is 12.8 Å². The predicted molar refractivity (Wildman–Crippen MR) is 119 cm³/mol. The lowest BCUT2D eigenvalue weighted by molar-refractivity contribution is -0.141. The molecule has 0 unspecified atom stereocenters. The van der Waals surface area contributed by atoms with Gasteiger partial charge in [0.25, 0.3) is 0 Å². The number of halogens is 1. The molecule has 0 N–H and O–H groups in total. The molecule has 0 saturated carbocycles. The smallest absolute Gasteiger partial charge is 0.325 e. The van der Waals surface area contributed by atoms with E-state index in [1.54, 1.807) is 4.57 Å². The summed E-state index contributed by atoms with van der Waals surface area (Å²) in [5.74, 6) is -1.73. The van der Waals surface area contributed by atoms with Crippen molar-refractivity contribution in [2.24, 2.45) is 4.99 Å². The number of amides is 1. The molecule has 3 rings (SSSR count). The Morgan fingerprint density at radius 3 is 2.53 bits per heavy atom. The standard InChI is InChI=1S/C22H23FN2O5S2/c1-3-15-6-11-18-19(13-15)31-22(25(18)14-21(27)30-2)24-20(26)5-4-12-32(28,29)17-9-7-16(23)8-10-17/h6-11,13H,3-5,12,14H2,1-2H3. The number of esters is 1. The average molecular weight is 479 g/mol. The van der Waals surface area contributed by atoms with Gasteiger partial charge in [0.1, 0.15) is 12.4 Å². The number of carbonyl (C=O) groups is 2. The van der Waals surface area contributed by atoms with E-state index in [0.29, 0.717) is 4.80 Å². The number of hydrogen-bond donors (Lipinski definition) is 0. The van der Waals surface area contributed by atoms with Crippen molar-refractivity contribution < 1.29 is 27.1 Å². The number of sulfone groups is 1. The number of rotatable bonds is 8. The van der Waals surface area contributed by atoms with Gasteiger partial charge in [-0.2, -0.15) is 4.99 Å². The van der Waals surface area contributed by atoms with Crippen molar-refractivity contribution in [2.45, 2.75) is 37.6 Å². The highest BCUT2D eigenvalue weighted by Crippen LogP contribution is 2.20. The summed E-state index contributed by atoms with van der Waals surface area (Å²) < 4.78 is 45.0. The molecule has 2 aromatic carbocycles. The maximum Gasteiger partial charge on any atom is 0.325 e. The van der Waals surface area contributed by atoms with E-state index in [1.807, 2.05) is 25.1 Å². The lowest BCUT2D eigenvalue weighted by Gasteiger charge is -2.04. The van der Waals surface area contributed by atoms with E-state index >= 15 is 0 Å². The monoisotopic (exact) mass is 478 g/mol. The Bertz CT molecular complexity index is 1310. The fraction of sp³-hybridized carbons (Fsp3) is 0.318. The van der Waals surface area contributed by atoms with Gasteiger partial charge in [-0.15, -0.1) is 0 Å². The molecule has 0 atom stereocenters. The summed E-state index contributed by atoms with van der Waals surface area (Å²) in [7, 11) is -2.34. The van der Waals surface area contributed by atoms with Crippen molar-refractivity contribution in [3.8, 4) is 0 Å². The largest absolute Gasteiger partial charge is 0.468 e. The second-order valence-corrected chi connectivity index (χ2v) is 10.2. The number of benzene rings is 2. The summed E-state index contributed by atoms with van der Waals surface area (Å²) in [5, 5.41) is 0. The molecule has 0 aliphatic heterocycles. The summed E-state index contributed by atoms with van der Waals surface area (Å²) in [5.41, 5.74) is 1.89. The molecule has 7 nitrogen and oxygen atoms in total. The SMILES string of the molecule is CCc1ccc2c(c1)sc(=NC(=O)CCCS(=O)(=O)c1ccc(F)cc1)n2CC(=O)OC. The zero-order valence-electron chi connectivity index (χ0n) is 17.7. The molecule has 1 amide bonds. The van der Waals surface area contributed by atoms with Crippen molar-refractivity contribution in [2.75, 3.05) is 12.9 Å². The Morgan fingerprint density at radius 2 is 1.88 bits per heavy atom. The van der Waals surface area contributed by atoms with Crippen LogP contribution in [0.25, 0.3) is 10.2 Å². The van der Waals surface area contributed by atoms with Crippen LogP contribution in [0.5, 0.6) is 0 Å². The van der Waals surface area contributed by atoms with Gasteiger partial charge in [0.2, 0.25) is 5.91 Å². The maximum atomic E-state index is 13.0. The molecule has 1 heterocycles. The number of methoxy groups -OCH3 is 1. The van der Waals surface area contributed by atoms with Crippen LogP contribution in [0.4, 0.5) is 4.39 Å². The highest BCUT2D eigenvalue weighted by atomic mass is 32.2. The Balaban J connectivity index is 1.79. The molecular formula is C22H23FN2O5S2.